The molecule has 3 nitrogen and oxygen atoms in total. The third-order valence-electron chi connectivity index (χ3n) is 1.96. The number of aliphatic hydroxyl groups excluding tert-OH is 1. The van der Waals surface area contributed by atoms with E-state index in [1.807, 2.05) is 24.3 Å². The minimum Gasteiger partial charge on any atom is -0.493 e. The summed E-state index contributed by atoms with van der Waals surface area (Å²) in [7, 11) is 0. The topological polar surface area (TPSA) is 55.5 Å². The van der Waals surface area contributed by atoms with Gasteiger partial charge in [-0.2, -0.15) is 0 Å². The maximum Gasteiger partial charge on any atom is 0.129 e. The lowest BCUT2D eigenvalue weighted by Crippen LogP contribution is -2.12. The Hall–Kier alpha value is -1.13. The van der Waals surface area contributed by atoms with Crippen LogP contribution in [0.15, 0.2) is 24.3 Å². The maximum atomic E-state index is 8.61. The van der Waals surface area contributed by atoms with Gasteiger partial charge in [0, 0.05) is 6.61 Å². The first-order chi connectivity index (χ1) is 7.25. The standard InChI is InChI=1S/C11H15NO2S/c12-11(15)9-5-1-2-6-10(9)14-8-4-3-7-13/h1-2,5-6,13H,3-4,7-8H2,(H2,12,15). The zero-order valence-corrected chi connectivity index (χ0v) is 9.30. The second-order valence-electron chi connectivity index (χ2n) is 3.14. The zero-order chi connectivity index (χ0) is 11.1. The van der Waals surface area contributed by atoms with Crippen LogP contribution < -0.4 is 10.5 Å². The van der Waals surface area contributed by atoms with Crippen molar-refractivity contribution in [1.82, 2.24) is 0 Å². The first-order valence-corrected chi connectivity index (χ1v) is 5.29. The van der Waals surface area contributed by atoms with E-state index in [1.54, 1.807) is 0 Å². The molecule has 82 valence electrons. The van der Waals surface area contributed by atoms with Crippen molar-refractivity contribution in [2.45, 2.75) is 12.8 Å². The Morgan fingerprint density at radius 3 is 2.73 bits per heavy atom. The quantitative estimate of drug-likeness (QED) is 0.568. The average Bonchev–Trinajstić information content (AvgIpc) is 2.25. The molecule has 4 heteroatoms. The van der Waals surface area contributed by atoms with Gasteiger partial charge >= 0.3 is 0 Å². The summed E-state index contributed by atoms with van der Waals surface area (Å²) in [6.45, 7) is 0.764. The SMILES string of the molecule is NC(=S)c1ccccc1OCCCCO. The molecule has 0 bridgehead atoms. The molecule has 0 amide bonds. The largest absolute Gasteiger partial charge is 0.493 e. The highest BCUT2D eigenvalue weighted by Crippen LogP contribution is 2.17. The zero-order valence-electron chi connectivity index (χ0n) is 8.48. The molecule has 0 saturated heterocycles. The molecule has 3 N–H and O–H groups in total. The van der Waals surface area contributed by atoms with E-state index in [0.29, 0.717) is 17.3 Å². The highest BCUT2D eigenvalue weighted by molar-refractivity contribution is 7.80. The van der Waals surface area contributed by atoms with E-state index in [4.69, 9.17) is 27.8 Å². The molecular formula is C11H15NO2S. The van der Waals surface area contributed by atoms with Crippen molar-refractivity contribution in [1.29, 1.82) is 0 Å². The van der Waals surface area contributed by atoms with Crippen molar-refractivity contribution in [3.05, 3.63) is 29.8 Å². The second-order valence-corrected chi connectivity index (χ2v) is 3.58. The van der Waals surface area contributed by atoms with Crippen LogP contribution in [0.25, 0.3) is 0 Å². The molecule has 0 aliphatic carbocycles. The Labute approximate surface area is 94.9 Å². The number of ether oxygens (including phenoxy) is 1. The Morgan fingerprint density at radius 2 is 2.07 bits per heavy atom. The van der Waals surface area contributed by atoms with E-state index in [1.165, 1.54) is 0 Å². The predicted molar refractivity (Wildman–Crippen MR) is 64.1 cm³/mol. The summed E-state index contributed by atoms with van der Waals surface area (Å²) in [5, 5.41) is 8.61. The number of para-hydroxylation sites is 1. The molecule has 1 aromatic rings. The molecule has 0 saturated carbocycles. The molecule has 1 rings (SSSR count). The van der Waals surface area contributed by atoms with Crippen LogP contribution in [0.5, 0.6) is 5.75 Å². The molecule has 0 radical (unpaired) electrons. The molecule has 0 aliphatic heterocycles. The number of aliphatic hydroxyl groups is 1. The summed E-state index contributed by atoms with van der Waals surface area (Å²) in [4.78, 5) is 0.341. The third-order valence-corrected chi connectivity index (χ3v) is 2.18. The first kappa shape index (κ1) is 11.9. The molecule has 1 aromatic carbocycles. The highest BCUT2D eigenvalue weighted by atomic mass is 32.1. The Balaban J connectivity index is 2.56. The number of rotatable bonds is 6. The summed E-state index contributed by atoms with van der Waals surface area (Å²) >= 11 is 4.91. The van der Waals surface area contributed by atoms with Gasteiger partial charge in [-0.25, -0.2) is 0 Å². The molecule has 0 aromatic heterocycles. The number of thiocarbonyl (C=S) groups is 1. The minimum absolute atomic E-state index is 0.195. The van der Waals surface area contributed by atoms with Crippen LogP contribution in [0.1, 0.15) is 18.4 Å². The fraction of sp³-hybridized carbons (Fsp3) is 0.364. The average molecular weight is 225 g/mol. The number of hydrogen-bond acceptors (Lipinski definition) is 3. The molecule has 0 aliphatic rings. The lowest BCUT2D eigenvalue weighted by Gasteiger charge is -2.09. The van der Waals surface area contributed by atoms with E-state index in [0.717, 1.165) is 18.4 Å². The molecule has 0 spiro atoms. The van der Waals surface area contributed by atoms with Gasteiger partial charge in [0.1, 0.15) is 10.7 Å². The van der Waals surface area contributed by atoms with Crippen molar-refractivity contribution < 1.29 is 9.84 Å². The normalized spacial score (nSPS) is 9.93. The number of benzene rings is 1. The second kappa shape index (κ2) is 6.37. The van der Waals surface area contributed by atoms with Crippen molar-refractivity contribution in [2.24, 2.45) is 5.73 Å². The van der Waals surface area contributed by atoms with Crippen LogP contribution in [0.3, 0.4) is 0 Å². The number of nitrogens with two attached hydrogens (primary N) is 1. The Bertz CT molecular complexity index is 328. The fourth-order valence-corrected chi connectivity index (χ4v) is 1.36. The smallest absolute Gasteiger partial charge is 0.129 e. The fourth-order valence-electron chi connectivity index (χ4n) is 1.19. The first-order valence-electron chi connectivity index (χ1n) is 4.88. The van der Waals surface area contributed by atoms with Crippen molar-refractivity contribution in [3.8, 4) is 5.75 Å². The van der Waals surface area contributed by atoms with E-state index >= 15 is 0 Å². The summed E-state index contributed by atoms with van der Waals surface area (Å²) in [6, 6.07) is 7.43. The Morgan fingerprint density at radius 1 is 1.33 bits per heavy atom. The van der Waals surface area contributed by atoms with Crippen molar-refractivity contribution in [3.63, 3.8) is 0 Å². The van der Waals surface area contributed by atoms with E-state index < -0.39 is 0 Å². The molecule has 0 heterocycles. The van der Waals surface area contributed by atoms with Crippen LogP contribution in [-0.2, 0) is 0 Å². The van der Waals surface area contributed by atoms with Crippen molar-refractivity contribution >= 4 is 17.2 Å². The maximum absolute atomic E-state index is 8.61. The summed E-state index contributed by atoms with van der Waals surface area (Å²) in [5.74, 6) is 0.711. The van der Waals surface area contributed by atoms with E-state index in [-0.39, 0.29) is 6.61 Å². The van der Waals surface area contributed by atoms with Gasteiger partial charge in [-0.1, -0.05) is 24.4 Å². The van der Waals surface area contributed by atoms with E-state index in [2.05, 4.69) is 0 Å². The van der Waals surface area contributed by atoms with Crippen LogP contribution >= 0.6 is 12.2 Å². The van der Waals surface area contributed by atoms with Gasteiger partial charge in [0.15, 0.2) is 0 Å². The van der Waals surface area contributed by atoms with Gasteiger partial charge in [0.2, 0.25) is 0 Å². The van der Waals surface area contributed by atoms with Gasteiger partial charge in [-0.3, -0.25) is 0 Å². The summed E-state index contributed by atoms with van der Waals surface area (Å²) in [5.41, 5.74) is 6.32. The third kappa shape index (κ3) is 3.85. The van der Waals surface area contributed by atoms with E-state index in [9.17, 15) is 0 Å². The number of unbranched alkanes of at least 4 members (excludes halogenated alkanes) is 1. The molecular weight excluding hydrogens is 210 g/mol. The lowest BCUT2D eigenvalue weighted by molar-refractivity contribution is 0.253. The monoisotopic (exact) mass is 225 g/mol. The van der Waals surface area contributed by atoms with Crippen LogP contribution in [0, 0.1) is 0 Å². The van der Waals surface area contributed by atoms with Crippen molar-refractivity contribution in [2.75, 3.05) is 13.2 Å². The van der Waals surface area contributed by atoms with Gasteiger partial charge in [0.25, 0.3) is 0 Å². The van der Waals surface area contributed by atoms with Gasteiger partial charge < -0.3 is 15.6 Å². The number of hydrogen-bond donors (Lipinski definition) is 2. The molecule has 15 heavy (non-hydrogen) atoms. The van der Waals surface area contributed by atoms with Crippen LogP contribution in [0.4, 0.5) is 0 Å². The molecule has 0 fully saturated rings. The molecule has 0 unspecified atom stereocenters. The van der Waals surface area contributed by atoms with Gasteiger partial charge in [0.05, 0.1) is 12.2 Å². The van der Waals surface area contributed by atoms with Crippen LogP contribution in [-0.4, -0.2) is 23.3 Å². The Kier molecular flexibility index (Phi) is 5.07. The predicted octanol–water partition coefficient (Wildman–Crippen LogP) is 1.47. The lowest BCUT2D eigenvalue weighted by atomic mass is 10.2. The van der Waals surface area contributed by atoms with Gasteiger partial charge in [-0.15, -0.1) is 0 Å². The summed E-state index contributed by atoms with van der Waals surface area (Å²) in [6.07, 6.45) is 1.57. The van der Waals surface area contributed by atoms with Gasteiger partial charge in [-0.05, 0) is 25.0 Å². The highest BCUT2D eigenvalue weighted by Gasteiger charge is 2.04. The minimum atomic E-state index is 0.195. The molecule has 0 atom stereocenters. The summed E-state index contributed by atoms with van der Waals surface area (Å²) < 4.78 is 5.52. The van der Waals surface area contributed by atoms with Crippen LogP contribution in [0.2, 0.25) is 0 Å².